The molecule has 1 aromatic heterocycles. The van der Waals surface area contributed by atoms with Crippen LogP contribution in [0.4, 0.5) is 4.39 Å². The molecule has 100 valence electrons. The lowest BCUT2D eigenvalue weighted by Gasteiger charge is -2.07. The number of hydrogen-bond donors (Lipinski definition) is 0. The van der Waals surface area contributed by atoms with Crippen LogP contribution in [0.2, 0.25) is 0 Å². The number of carbonyl (C=O) groups is 1. The van der Waals surface area contributed by atoms with Crippen molar-refractivity contribution in [2.75, 3.05) is 0 Å². The molecule has 0 aliphatic rings. The normalized spacial score (nSPS) is 10.9. The molecule has 0 spiro atoms. The average molecular weight is 267 g/mol. The van der Waals surface area contributed by atoms with Gasteiger partial charge >= 0.3 is 0 Å². The predicted octanol–water partition coefficient (Wildman–Crippen LogP) is 3.97. The molecule has 0 N–H and O–H groups in total. The van der Waals surface area contributed by atoms with Crippen molar-refractivity contribution in [2.45, 2.75) is 13.5 Å². The van der Waals surface area contributed by atoms with Gasteiger partial charge in [-0.15, -0.1) is 0 Å². The van der Waals surface area contributed by atoms with Gasteiger partial charge in [-0.25, -0.2) is 4.39 Å². The summed E-state index contributed by atoms with van der Waals surface area (Å²) >= 11 is 0. The Kier molecular flexibility index (Phi) is 3.11. The minimum Gasteiger partial charge on any atom is -0.340 e. The highest BCUT2D eigenvalue weighted by Crippen LogP contribution is 2.20. The molecule has 3 heteroatoms. The summed E-state index contributed by atoms with van der Waals surface area (Å²) in [6, 6.07) is 14.1. The molecule has 3 rings (SSSR count). The van der Waals surface area contributed by atoms with Crippen LogP contribution in [0, 0.1) is 12.7 Å². The first-order valence-electron chi connectivity index (χ1n) is 6.49. The van der Waals surface area contributed by atoms with Crippen LogP contribution >= 0.6 is 0 Å². The highest BCUT2D eigenvalue weighted by atomic mass is 19.1. The third-order valence-electron chi connectivity index (χ3n) is 3.52. The first kappa shape index (κ1) is 12.6. The maximum Gasteiger partial charge on any atom is 0.182 e. The number of nitrogens with zero attached hydrogens (tertiary/aromatic N) is 1. The Balaban J connectivity index is 1.96. The number of hydrogen-bond acceptors (Lipinski definition) is 1. The van der Waals surface area contributed by atoms with E-state index in [0.29, 0.717) is 10.9 Å². The molecule has 0 aliphatic heterocycles. The van der Waals surface area contributed by atoms with Crippen molar-refractivity contribution in [1.29, 1.82) is 0 Å². The lowest BCUT2D eigenvalue weighted by atomic mass is 10.1. The van der Waals surface area contributed by atoms with Gasteiger partial charge in [0.2, 0.25) is 0 Å². The van der Waals surface area contributed by atoms with E-state index in [4.69, 9.17) is 0 Å². The molecule has 2 nitrogen and oxygen atoms in total. The Morgan fingerprint density at radius 1 is 1.10 bits per heavy atom. The number of aryl methyl sites for hydroxylation is 1. The van der Waals surface area contributed by atoms with Crippen LogP contribution in [0.3, 0.4) is 0 Å². The zero-order valence-corrected chi connectivity index (χ0v) is 11.1. The fraction of sp³-hybridized carbons (Fsp3) is 0.118. The highest BCUT2D eigenvalue weighted by molar-refractivity contribution is 5.98. The SMILES string of the molecule is Cc1ccccc1C(=O)Cn1ccc2c(F)cccc21. The maximum absolute atomic E-state index is 13.6. The highest BCUT2D eigenvalue weighted by Gasteiger charge is 2.11. The van der Waals surface area contributed by atoms with Crippen molar-refractivity contribution in [2.24, 2.45) is 0 Å². The molecule has 0 aliphatic carbocycles. The molecule has 3 aromatic rings. The van der Waals surface area contributed by atoms with Gasteiger partial charge in [0, 0.05) is 17.1 Å². The number of Topliss-reactive ketones (excluding diaryl/α,β-unsaturated/α-hetero) is 1. The fourth-order valence-electron chi connectivity index (χ4n) is 2.45. The summed E-state index contributed by atoms with van der Waals surface area (Å²) in [5.41, 5.74) is 2.41. The quantitative estimate of drug-likeness (QED) is 0.658. The lowest BCUT2D eigenvalue weighted by Crippen LogP contribution is -2.10. The van der Waals surface area contributed by atoms with E-state index in [-0.39, 0.29) is 18.1 Å². The van der Waals surface area contributed by atoms with E-state index in [2.05, 4.69) is 0 Å². The number of aromatic nitrogens is 1. The van der Waals surface area contributed by atoms with Crippen molar-refractivity contribution < 1.29 is 9.18 Å². The van der Waals surface area contributed by atoms with E-state index < -0.39 is 0 Å². The fourth-order valence-corrected chi connectivity index (χ4v) is 2.45. The average Bonchev–Trinajstić information content (AvgIpc) is 2.84. The summed E-state index contributed by atoms with van der Waals surface area (Å²) in [5.74, 6) is -0.227. The van der Waals surface area contributed by atoms with Crippen LogP contribution < -0.4 is 0 Å². The second-order valence-corrected chi connectivity index (χ2v) is 4.85. The van der Waals surface area contributed by atoms with Gasteiger partial charge in [0.05, 0.1) is 12.1 Å². The summed E-state index contributed by atoms with van der Waals surface area (Å²) in [5, 5.41) is 0.546. The van der Waals surface area contributed by atoms with E-state index in [1.807, 2.05) is 37.3 Å². The van der Waals surface area contributed by atoms with Crippen LogP contribution in [0.25, 0.3) is 10.9 Å². The monoisotopic (exact) mass is 267 g/mol. The van der Waals surface area contributed by atoms with E-state index >= 15 is 0 Å². The summed E-state index contributed by atoms with van der Waals surface area (Å²) in [6.07, 6.45) is 1.75. The van der Waals surface area contributed by atoms with Crippen molar-refractivity contribution in [3.8, 4) is 0 Å². The molecule has 0 saturated carbocycles. The third-order valence-corrected chi connectivity index (χ3v) is 3.52. The van der Waals surface area contributed by atoms with Crippen LogP contribution in [0.1, 0.15) is 15.9 Å². The molecule has 20 heavy (non-hydrogen) atoms. The summed E-state index contributed by atoms with van der Waals surface area (Å²) in [6.45, 7) is 2.14. The Morgan fingerprint density at radius 3 is 2.70 bits per heavy atom. The Morgan fingerprint density at radius 2 is 1.90 bits per heavy atom. The topological polar surface area (TPSA) is 22.0 Å². The zero-order valence-electron chi connectivity index (χ0n) is 11.1. The third kappa shape index (κ3) is 2.11. The first-order chi connectivity index (χ1) is 9.66. The van der Waals surface area contributed by atoms with Crippen molar-refractivity contribution >= 4 is 16.7 Å². The van der Waals surface area contributed by atoms with Crippen molar-refractivity contribution in [1.82, 2.24) is 4.57 Å². The minimum atomic E-state index is -0.260. The van der Waals surface area contributed by atoms with Crippen molar-refractivity contribution in [3.63, 3.8) is 0 Å². The van der Waals surface area contributed by atoms with Gasteiger partial charge < -0.3 is 4.57 Å². The van der Waals surface area contributed by atoms with Gasteiger partial charge in [0.15, 0.2) is 5.78 Å². The number of carbonyl (C=O) groups excluding carboxylic acids is 1. The molecule has 0 unspecified atom stereocenters. The van der Waals surface area contributed by atoms with Crippen LogP contribution in [-0.2, 0) is 6.54 Å². The van der Waals surface area contributed by atoms with Gasteiger partial charge in [-0.1, -0.05) is 30.3 Å². The Bertz CT molecular complexity index is 789. The van der Waals surface area contributed by atoms with E-state index in [1.165, 1.54) is 6.07 Å². The van der Waals surface area contributed by atoms with Gasteiger partial charge in [0.1, 0.15) is 5.82 Å². The van der Waals surface area contributed by atoms with Crippen LogP contribution in [0.5, 0.6) is 0 Å². The molecule has 0 radical (unpaired) electrons. The molecule has 2 aromatic carbocycles. The molecule has 0 amide bonds. The second kappa shape index (κ2) is 4.93. The summed E-state index contributed by atoms with van der Waals surface area (Å²) < 4.78 is 15.4. The van der Waals surface area contributed by atoms with E-state index in [9.17, 15) is 9.18 Å². The van der Waals surface area contributed by atoms with Gasteiger partial charge in [-0.3, -0.25) is 4.79 Å². The largest absolute Gasteiger partial charge is 0.340 e. The summed E-state index contributed by atoms with van der Waals surface area (Å²) in [4.78, 5) is 12.3. The lowest BCUT2D eigenvalue weighted by molar-refractivity contribution is 0.0973. The minimum absolute atomic E-state index is 0.0323. The van der Waals surface area contributed by atoms with E-state index in [0.717, 1.165) is 11.1 Å². The molecule has 0 saturated heterocycles. The number of benzene rings is 2. The zero-order chi connectivity index (χ0) is 14.1. The predicted molar refractivity (Wildman–Crippen MR) is 77.4 cm³/mol. The number of rotatable bonds is 3. The van der Waals surface area contributed by atoms with Crippen LogP contribution in [-0.4, -0.2) is 10.4 Å². The van der Waals surface area contributed by atoms with Gasteiger partial charge in [-0.05, 0) is 30.7 Å². The van der Waals surface area contributed by atoms with Gasteiger partial charge in [0.25, 0.3) is 0 Å². The number of fused-ring (bicyclic) bond motifs is 1. The number of ketones is 1. The summed E-state index contributed by atoms with van der Waals surface area (Å²) in [7, 11) is 0. The Labute approximate surface area is 116 Å². The van der Waals surface area contributed by atoms with Gasteiger partial charge in [-0.2, -0.15) is 0 Å². The Hall–Kier alpha value is -2.42. The van der Waals surface area contributed by atoms with Crippen LogP contribution in [0.15, 0.2) is 54.7 Å². The van der Waals surface area contributed by atoms with E-state index in [1.54, 1.807) is 22.9 Å². The molecule has 0 bridgehead atoms. The number of halogens is 1. The molecule has 1 heterocycles. The first-order valence-corrected chi connectivity index (χ1v) is 6.49. The molecular weight excluding hydrogens is 253 g/mol. The molecule has 0 atom stereocenters. The maximum atomic E-state index is 13.6. The molecule has 0 fully saturated rings. The standard InChI is InChI=1S/C17H14FNO/c1-12-5-2-3-6-13(12)17(20)11-19-10-9-14-15(18)7-4-8-16(14)19/h2-10H,11H2,1H3. The molecular formula is C17H14FNO. The van der Waals surface area contributed by atoms with Crippen molar-refractivity contribution in [3.05, 3.63) is 71.7 Å². The second-order valence-electron chi connectivity index (χ2n) is 4.85. The smallest absolute Gasteiger partial charge is 0.182 e.